The van der Waals surface area contributed by atoms with E-state index in [0.29, 0.717) is 13.2 Å². The van der Waals surface area contributed by atoms with Crippen molar-refractivity contribution in [1.82, 2.24) is 0 Å². The Hall–Kier alpha value is -2.04. The number of ether oxygens (including phenoxy) is 2. The second-order valence-electron chi connectivity index (χ2n) is 5.40. The maximum absolute atomic E-state index is 9.51. The predicted molar refractivity (Wildman–Crippen MR) is 93.0 cm³/mol. The summed E-state index contributed by atoms with van der Waals surface area (Å²) in [4.78, 5) is 0. The van der Waals surface area contributed by atoms with Gasteiger partial charge < -0.3 is 19.9 Å². The summed E-state index contributed by atoms with van der Waals surface area (Å²) in [6.07, 6.45) is 0.871. The van der Waals surface area contributed by atoms with Gasteiger partial charge in [0.25, 0.3) is 0 Å². The third-order valence-electron chi connectivity index (χ3n) is 3.59. The molecular formula is C19H25NO3. The van der Waals surface area contributed by atoms with Crippen molar-refractivity contribution < 1.29 is 14.6 Å². The molecule has 1 atom stereocenters. The molecule has 4 heteroatoms. The number of hydrogen-bond acceptors (Lipinski definition) is 4. The molecule has 0 fully saturated rings. The number of aliphatic hydroxyl groups is 1. The lowest BCUT2D eigenvalue weighted by Gasteiger charge is -2.20. The fraction of sp³-hybridized carbons (Fsp3) is 0.368. The Kier molecular flexibility index (Phi) is 6.91. The van der Waals surface area contributed by atoms with E-state index >= 15 is 0 Å². The molecule has 124 valence electrons. The van der Waals surface area contributed by atoms with Crippen molar-refractivity contribution in [3.8, 4) is 5.75 Å². The fourth-order valence-corrected chi connectivity index (χ4v) is 2.58. The van der Waals surface area contributed by atoms with Gasteiger partial charge in [0.15, 0.2) is 0 Å². The average molecular weight is 315 g/mol. The first-order valence-electron chi connectivity index (χ1n) is 7.92. The van der Waals surface area contributed by atoms with Crippen LogP contribution in [-0.4, -0.2) is 31.5 Å². The number of aliphatic hydroxyl groups excluding tert-OH is 1. The summed E-state index contributed by atoms with van der Waals surface area (Å²) in [7, 11) is 1.71. The van der Waals surface area contributed by atoms with E-state index < -0.39 is 0 Å². The van der Waals surface area contributed by atoms with Crippen LogP contribution in [0, 0.1) is 0 Å². The van der Waals surface area contributed by atoms with Crippen LogP contribution in [-0.2, 0) is 17.8 Å². The van der Waals surface area contributed by atoms with Crippen LogP contribution in [0.3, 0.4) is 0 Å². The standard InChI is InChI=1S/C19H25NO3/c1-3-23-19-10-9-17(12-16(19)13-21)20-18(14-22-2)11-15-7-5-4-6-8-15/h4-10,12,18,20-21H,3,11,13-14H2,1-2H3. The van der Waals surface area contributed by atoms with E-state index in [2.05, 4.69) is 17.4 Å². The monoisotopic (exact) mass is 315 g/mol. The van der Waals surface area contributed by atoms with Crippen LogP contribution in [0.15, 0.2) is 48.5 Å². The van der Waals surface area contributed by atoms with Crippen LogP contribution in [0.5, 0.6) is 5.75 Å². The summed E-state index contributed by atoms with van der Waals surface area (Å²) in [6.45, 7) is 3.08. The van der Waals surface area contributed by atoms with Crippen molar-refractivity contribution in [2.24, 2.45) is 0 Å². The zero-order valence-electron chi connectivity index (χ0n) is 13.8. The number of benzene rings is 2. The molecule has 23 heavy (non-hydrogen) atoms. The van der Waals surface area contributed by atoms with Gasteiger partial charge in [0.2, 0.25) is 0 Å². The lowest BCUT2D eigenvalue weighted by Crippen LogP contribution is -2.27. The summed E-state index contributed by atoms with van der Waals surface area (Å²) in [5.74, 6) is 0.729. The van der Waals surface area contributed by atoms with Crippen molar-refractivity contribution in [3.63, 3.8) is 0 Å². The average Bonchev–Trinajstić information content (AvgIpc) is 2.57. The van der Waals surface area contributed by atoms with Crippen molar-refractivity contribution in [3.05, 3.63) is 59.7 Å². The molecule has 0 saturated carbocycles. The molecule has 0 aliphatic carbocycles. The van der Waals surface area contributed by atoms with Crippen LogP contribution >= 0.6 is 0 Å². The number of nitrogens with one attached hydrogen (secondary N) is 1. The molecule has 1 unspecified atom stereocenters. The second-order valence-corrected chi connectivity index (χ2v) is 5.40. The van der Waals surface area contributed by atoms with Gasteiger partial charge >= 0.3 is 0 Å². The molecule has 0 aliphatic heterocycles. The minimum atomic E-state index is -0.0432. The number of rotatable bonds is 9. The predicted octanol–water partition coefficient (Wildman–Crippen LogP) is 3.25. The lowest BCUT2D eigenvalue weighted by atomic mass is 10.1. The summed E-state index contributed by atoms with van der Waals surface area (Å²) in [6, 6.07) is 16.3. The largest absolute Gasteiger partial charge is 0.494 e. The van der Waals surface area contributed by atoms with Crippen molar-refractivity contribution in [2.75, 3.05) is 25.6 Å². The van der Waals surface area contributed by atoms with Gasteiger partial charge in [-0.15, -0.1) is 0 Å². The fourth-order valence-electron chi connectivity index (χ4n) is 2.58. The van der Waals surface area contributed by atoms with E-state index in [1.807, 2.05) is 43.3 Å². The van der Waals surface area contributed by atoms with Crippen molar-refractivity contribution >= 4 is 5.69 Å². The molecule has 0 aliphatic rings. The molecule has 0 saturated heterocycles. The molecular weight excluding hydrogens is 290 g/mol. The van der Waals surface area contributed by atoms with Crippen LogP contribution in [0.4, 0.5) is 5.69 Å². The van der Waals surface area contributed by atoms with Gasteiger partial charge in [-0.25, -0.2) is 0 Å². The second kappa shape index (κ2) is 9.18. The highest BCUT2D eigenvalue weighted by Crippen LogP contribution is 2.24. The number of methoxy groups -OCH3 is 1. The maximum Gasteiger partial charge on any atom is 0.124 e. The van der Waals surface area contributed by atoms with Crippen LogP contribution in [0.2, 0.25) is 0 Å². The van der Waals surface area contributed by atoms with Gasteiger partial charge in [-0.3, -0.25) is 0 Å². The normalized spacial score (nSPS) is 12.0. The van der Waals surface area contributed by atoms with E-state index in [9.17, 15) is 5.11 Å². The van der Waals surface area contributed by atoms with Gasteiger partial charge in [-0.1, -0.05) is 30.3 Å². The molecule has 0 heterocycles. The third kappa shape index (κ3) is 5.27. The van der Waals surface area contributed by atoms with E-state index in [0.717, 1.165) is 23.4 Å². The summed E-state index contributed by atoms with van der Waals surface area (Å²) >= 11 is 0. The van der Waals surface area contributed by atoms with Crippen LogP contribution < -0.4 is 10.1 Å². The zero-order chi connectivity index (χ0) is 16.5. The molecule has 0 spiro atoms. The minimum Gasteiger partial charge on any atom is -0.494 e. The highest BCUT2D eigenvalue weighted by atomic mass is 16.5. The first-order valence-corrected chi connectivity index (χ1v) is 7.92. The van der Waals surface area contributed by atoms with Crippen LogP contribution in [0.1, 0.15) is 18.1 Å². The Morgan fingerprint density at radius 1 is 1.13 bits per heavy atom. The SMILES string of the molecule is CCOc1ccc(NC(COC)Cc2ccccc2)cc1CO. The highest BCUT2D eigenvalue weighted by molar-refractivity contribution is 5.52. The number of hydrogen-bond donors (Lipinski definition) is 2. The Balaban J connectivity index is 2.10. The molecule has 2 N–H and O–H groups in total. The number of anilines is 1. The van der Waals surface area contributed by atoms with Gasteiger partial charge in [-0.05, 0) is 37.1 Å². The molecule has 0 bridgehead atoms. The van der Waals surface area contributed by atoms with Gasteiger partial charge in [-0.2, -0.15) is 0 Å². The Bertz CT molecular complexity index is 586. The van der Waals surface area contributed by atoms with Gasteiger partial charge in [0.1, 0.15) is 5.75 Å². The van der Waals surface area contributed by atoms with Crippen LogP contribution in [0.25, 0.3) is 0 Å². The highest BCUT2D eigenvalue weighted by Gasteiger charge is 2.11. The smallest absolute Gasteiger partial charge is 0.124 e. The molecule has 0 radical (unpaired) electrons. The first kappa shape index (κ1) is 17.3. The van der Waals surface area contributed by atoms with Crippen molar-refractivity contribution in [1.29, 1.82) is 0 Å². The molecule has 0 aromatic heterocycles. The molecule has 0 amide bonds. The Morgan fingerprint density at radius 3 is 2.57 bits per heavy atom. The molecule has 2 aromatic carbocycles. The van der Waals surface area contributed by atoms with E-state index in [1.54, 1.807) is 7.11 Å². The maximum atomic E-state index is 9.51. The third-order valence-corrected chi connectivity index (χ3v) is 3.59. The summed E-state index contributed by atoms with van der Waals surface area (Å²) in [5.41, 5.74) is 3.00. The Morgan fingerprint density at radius 2 is 1.91 bits per heavy atom. The van der Waals surface area contributed by atoms with E-state index in [-0.39, 0.29) is 12.6 Å². The van der Waals surface area contributed by atoms with E-state index in [1.165, 1.54) is 5.56 Å². The summed E-state index contributed by atoms with van der Waals surface area (Å²) < 4.78 is 10.8. The Labute approximate surface area is 138 Å². The molecule has 4 nitrogen and oxygen atoms in total. The lowest BCUT2D eigenvalue weighted by molar-refractivity contribution is 0.185. The molecule has 2 rings (SSSR count). The minimum absolute atomic E-state index is 0.0432. The van der Waals surface area contributed by atoms with Gasteiger partial charge in [0, 0.05) is 18.4 Å². The summed E-state index contributed by atoms with van der Waals surface area (Å²) in [5, 5.41) is 13.0. The first-order chi connectivity index (χ1) is 11.3. The molecule has 2 aromatic rings. The van der Waals surface area contributed by atoms with E-state index in [4.69, 9.17) is 9.47 Å². The zero-order valence-corrected chi connectivity index (χ0v) is 13.8. The van der Waals surface area contributed by atoms with Gasteiger partial charge in [0.05, 0.1) is 25.9 Å². The quantitative estimate of drug-likeness (QED) is 0.746. The topological polar surface area (TPSA) is 50.7 Å². The van der Waals surface area contributed by atoms with Crippen molar-refractivity contribution in [2.45, 2.75) is 26.0 Å².